The Bertz CT molecular complexity index is 1180. The fourth-order valence-electron chi connectivity index (χ4n) is 3.12. The van der Waals surface area contributed by atoms with Crippen LogP contribution in [0.1, 0.15) is 24.3 Å². The number of nitrogens with zero attached hydrogens (tertiary/aromatic N) is 3. The number of nitrogens with one attached hydrogen (secondary N) is 1. The van der Waals surface area contributed by atoms with Gasteiger partial charge in [0.1, 0.15) is 27.0 Å². The average Bonchev–Trinajstić information content (AvgIpc) is 3.35. The normalized spacial score (nSPS) is 14.3. The summed E-state index contributed by atoms with van der Waals surface area (Å²) in [7, 11) is 0. The van der Waals surface area contributed by atoms with Crippen LogP contribution < -0.4 is 5.32 Å². The molecule has 0 radical (unpaired) electrons. The molecule has 1 aliphatic carbocycles. The maximum Gasteiger partial charge on any atom is 0.227 e. The molecular weight excluding hydrogens is 410 g/mol. The largest absolute Gasteiger partial charge is 0.349 e. The molecule has 30 heavy (non-hydrogen) atoms. The second kappa shape index (κ2) is 7.88. The lowest BCUT2D eigenvalue weighted by molar-refractivity contribution is -0.125. The number of benzene rings is 1. The van der Waals surface area contributed by atoms with Crippen LogP contribution in [0.3, 0.4) is 0 Å². The fraction of sp³-hybridized carbons (Fsp3) is 0.286. The Balaban J connectivity index is 1.40. The van der Waals surface area contributed by atoms with Gasteiger partial charge in [0.05, 0.1) is 30.1 Å². The topological polar surface area (TPSA) is 95.7 Å². The van der Waals surface area contributed by atoms with Gasteiger partial charge in [0.25, 0.3) is 0 Å². The predicted molar refractivity (Wildman–Crippen MR) is 106 cm³/mol. The number of carbonyl (C=O) groups excluding carboxylic acids is 2. The third kappa shape index (κ3) is 4.49. The second-order valence-electron chi connectivity index (χ2n) is 7.35. The molecule has 0 atom stereocenters. The van der Waals surface area contributed by atoms with Crippen LogP contribution in [0.4, 0.5) is 8.78 Å². The quantitative estimate of drug-likeness (QED) is 0.623. The van der Waals surface area contributed by atoms with E-state index in [4.69, 9.17) is 5.26 Å². The highest BCUT2D eigenvalue weighted by Crippen LogP contribution is 2.48. The minimum Gasteiger partial charge on any atom is -0.349 e. The van der Waals surface area contributed by atoms with Gasteiger partial charge in [0.15, 0.2) is 5.78 Å². The van der Waals surface area contributed by atoms with Crippen molar-refractivity contribution < 1.29 is 18.4 Å². The van der Waals surface area contributed by atoms with E-state index < -0.39 is 17.0 Å². The second-order valence-corrected chi connectivity index (χ2v) is 8.41. The Morgan fingerprint density at radius 2 is 1.90 bits per heavy atom. The number of pyridine rings is 1. The Labute approximate surface area is 174 Å². The van der Waals surface area contributed by atoms with Crippen molar-refractivity contribution in [1.29, 1.82) is 5.26 Å². The molecule has 2 heterocycles. The van der Waals surface area contributed by atoms with Crippen LogP contribution in [-0.2, 0) is 16.0 Å². The van der Waals surface area contributed by atoms with E-state index in [9.17, 15) is 18.4 Å². The molecule has 4 rings (SSSR count). The van der Waals surface area contributed by atoms with Gasteiger partial charge in [0.2, 0.25) is 5.91 Å². The smallest absolute Gasteiger partial charge is 0.227 e. The van der Waals surface area contributed by atoms with Gasteiger partial charge in [-0.3, -0.25) is 9.59 Å². The van der Waals surface area contributed by atoms with Crippen molar-refractivity contribution in [2.45, 2.75) is 25.7 Å². The van der Waals surface area contributed by atoms with Crippen LogP contribution in [0.25, 0.3) is 21.6 Å². The molecule has 152 valence electrons. The number of rotatable bonds is 7. The van der Waals surface area contributed by atoms with Crippen molar-refractivity contribution in [2.24, 2.45) is 5.41 Å². The number of nitriles is 1. The van der Waals surface area contributed by atoms with Crippen molar-refractivity contribution in [1.82, 2.24) is 15.3 Å². The lowest BCUT2D eigenvalue weighted by atomic mass is 10.0. The molecule has 9 heteroatoms. The molecule has 0 spiro atoms. The molecule has 1 N–H and O–H groups in total. The zero-order valence-corrected chi connectivity index (χ0v) is 16.6. The van der Waals surface area contributed by atoms with E-state index in [1.54, 1.807) is 12.1 Å². The number of aromatic nitrogens is 2. The van der Waals surface area contributed by atoms with Crippen LogP contribution in [0.5, 0.6) is 0 Å². The zero-order chi connectivity index (χ0) is 21.3. The zero-order valence-electron chi connectivity index (χ0n) is 15.7. The molecule has 1 amide bonds. The molecule has 2 aromatic heterocycles. The highest BCUT2D eigenvalue weighted by Gasteiger charge is 2.44. The van der Waals surface area contributed by atoms with Gasteiger partial charge >= 0.3 is 0 Å². The monoisotopic (exact) mass is 426 g/mol. The van der Waals surface area contributed by atoms with Crippen molar-refractivity contribution in [3.05, 3.63) is 47.0 Å². The molecule has 1 fully saturated rings. The molecule has 1 saturated carbocycles. The summed E-state index contributed by atoms with van der Waals surface area (Å²) < 4.78 is 26.9. The summed E-state index contributed by atoms with van der Waals surface area (Å²) in [5.41, 5.74) is 0.760. The van der Waals surface area contributed by atoms with E-state index in [0.29, 0.717) is 26.6 Å². The van der Waals surface area contributed by atoms with E-state index in [1.807, 2.05) is 0 Å². The molecule has 0 bridgehead atoms. The van der Waals surface area contributed by atoms with E-state index in [2.05, 4.69) is 21.4 Å². The molecule has 1 aliphatic rings. The molecule has 1 aromatic carbocycles. The van der Waals surface area contributed by atoms with Crippen LogP contribution in [0.15, 0.2) is 30.3 Å². The van der Waals surface area contributed by atoms with E-state index in [-0.39, 0.29) is 31.1 Å². The Hall–Kier alpha value is -3.25. The lowest BCUT2D eigenvalue weighted by Crippen LogP contribution is -2.31. The van der Waals surface area contributed by atoms with Gasteiger partial charge in [-0.15, -0.1) is 0 Å². The molecule has 0 aliphatic heterocycles. The summed E-state index contributed by atoms with van der Waals surface area (Å²) in [5.74, 6) is -1.90. The molecule has 0 unspecified atom stereocenters. The Morgan fingerprint density at radius 3 is 2.57 bits per heavy atom. The SMILES string of the molecule is N#CC1(CC(=O)CNC(=O)Cc2nc3ccc(-c4cc(F)cc(F)c4)nc3s2)CC1. The molecular formula is C21H16F2N4O2S. The molecule has 3 aromatic rings. The summed E-state index contributed by atoms with van der Waals surface area (Å²) in [6.45, 7) is -0.110. The van der Waals surface area contributed by atoms with Gasteiger partial charge in [-0.25, -0.2) is 18.7 Å². The number of hydrogen-bond acceptors (Lipinski definition) is 6. The summed E-state index contributed by atoms with van der Waals surface area (Å²) in [4.78, 5) is 33.4. The average molecular weight is 426 g/mol. The third-order valence-corrected chi connectivity index (χ3v) is 5.84. The highest BCUT2D eigenvalue weighted by molar-refractivity contribution is 7.18. The fourth-order valence-corrected chi connectivity index (χ4v) is 4.05. The minimum atomic E-state index is -0.689. The van der Waals surface area contributed by atoms with Crippen molar-refractivity contribution in [2.75, 3.05) is 6.54 Å². The number of Topliss-reactive ketones (excluding diaryl/α,β-unsaturated/α-hetero) is 1. The summed E-state index contributed by atoms with van der Waals surface area (Å²) in [6.07, 6.45) is 1.61. The number of hydrogen-bond donors (Lipinski definition) is 1. The maximum absolute atomic E-state index is 13.5. The maximum atomic E-state index is 13.5. The van der Waals surface area contributed by atoms with Crippen LogP contribution in [0.2, 0.25) is 0 Å². The van der Waals surface area contributed by atoms with Gasteiger partial charge in [-0.1, -0.05) is 11.3 Å². The number of carbonyl (C=O) groups is 2. The summed E-state index contributed by atoms with van der Waals surface area (Å²) in [5, 5.41) is 12.1. The predicted octanol–water partition coefficient (Wildman–Crippen LogP) is 3.56. The van der Waals surface area contributed by atoms with E-state index in [1.165, 1.54) is 23.5 Å². The number of amides is 1. The lowest BCUT2D eigenvalue weighted by Gasteiger charge is -2.05. The first-order chi connectivity index (χ1) is 14.4. The number of thiazole rings is 1. The number of fused-ring (bicyclic) bond motifs is 1. The highest BCUT2D eigenvalue weighted by atomic mass is 32.1. The first-order valence-corrected chi connectivity index (χ1v) is 10.1. The van der Waals surface area contributed by atoms with Crippen LogP contribution >= 0.6 is 11.3 Å². The summed E-state index contributed by atoms with van der Waals surface area (Å²) >= 11 is 1.20. The minimum absolute atomic E-state index is 0.0123. The van der Waals surface area contributed by atoms with Crippen molar-refractivity contribution in [3.8, 4) is 17.3 Å². The molecule has 6 nitrogen and oxygen atoms in total. The van der Waals surface area contributed by atoms with Crippen LogP contribution in [0, 0.1) is 28.4 Å². The van der Waals surface area contributed by atoms with E-state index >= 15 is 0 Å². The Morgan fingerprint density at radius 1 is 1.17 bits per heavy atom. The summed E-state index contributed by atoms with van der Waals surface area (Å²) in [6, 6.07) is 8.63. The Kier molecular flexibility index (Phi) is 5.26. The van der Waals surface area contributed by atoms with Gasteiger partial charge in [0, 0.05) is 18.1 Å². The van der Waals surface area contributed by atoms with E-state index in [0.717, 1.165) is 18.9 Å². The number of ketones is 1. The molecule has 0 saturated heterocycles. The van der Waals surface area contributed by atoms with Gasteiger partial charge < -0.3 is 5.32 Å². The van der Waals surface area contributed by atoms with Crippen LogP contribution in [-0.4, -0.2) is 28.2 Å². The van der Waals surface area contributed by atoms with Crippen molar-refractivity contribution >= 4 is 33.4 Å². The van der Waals surface area contributed by atoms with Crippen molar-refractivity contribution in [3.63, 3.8) is 0 Å². The van der Waals surface area contributed by atoms with Gasteiger partial charge in [-0.05, 0) is 37.1 Å². The third-order valence-electron chi connectivity index (χ3n) is 4.88. The number of halogens is 2. The van der Waals surface area contributed by atoms with Gasteiger partial charge in [-0.2, -0.15) is 5.26 Å². The first-order valence-electron chi connectivity index (χ1n) is 9.28. The standard InChI is InChI=1S/C21H16F2N4O2S/c22-13-5-12(6-14(23)7-13)16-1-2-17-20(27-16)30-19(26-17)8-18(29)25-10-15(28)9-21(11-24)3-4-21/h1-2,5-7H,3-4,8-10H2,(H,25,29). The first kappa shape index (κ1) is 20.0.